The first-order valence-electron chi connectivity index (χ1n) is 5.23. The SMILES string of the molecule is N#Cc1ccc(Cl)c(NCCC2CC2)c1. The van der Waals surface area contributed by atoms with Crippen LogP contribution in [-0.2, 0) is 0 Å². The summed E-state index contributed by atoms with van der Waals surface area (Å²) < 4.78 is 0. The van der Waals surface area contributed by atoms with Crippen LogP contribution in [-0.4, -0.2) is 6.54 Å². The van der Waals surface area contributed by atoms with Crippen LogP contribution in [0.2, 0.25) is 5.02 Å². The Labute approximate surface area is 94.9 Å². The molecule has 0 aromatic heterocycles. The fourth-order valence-electron chi connectivity index (χ4n) is 1.55. The van der Waals surface area contributed by atoms with Crippen molar-refractivity contribution in [2.24, 2.45) is 5.92 Å². The van der Waals surface area contributed by atoms with Gasteiger partial charge in [-0.3, -0.25) is 0 Å². The van der Waals surface area contributed by atoms with E-state index in [4.69, 9.17) is 16.9 Å². The van der Waals surface area contributed by atoms with Gasteiger partial charge < -0.3 is 5.32 Å². The first-order chi connectivity index (χ1) is 7.29. The molecule has 1 saturated carbocycles. The second-order valence-corrected chi connectivity index (χ2v) is 4.37. The number of halogens is 1. The lowest BCUT2D eigenvalue weighted by molar-refractivity contribution is 0.760. The summed E-state index contributed by atoms with van der Waals surface area (Å²) in [6.07, 6.45) is 3.94. The summed E-state index contributed by atoms with van der Waals surface area (Å²) in [6, 6.07) is 7.40. The van der Waals surface area contributed by atoms with Crippen molar-refractivity contribution in [1.29, 1.82) is 5.26 Å². The molecular weight excluding hydrogens is 208 g/mol. The minimum atomic E-state index is 0.647. The molecule has 1 fully saturated rings. The molecule has 1 aliphatic carbocycles. The minimum absolute atomic E-state index is 0.647. The number of anilines is 1. The predicted molar refractivity (Wildman–Crippen MR) is 62.0 cm³/mol. The molecule has 0 bridgehead atoms. The van der Waals surface area contributed by atoms with Gasteiger partial charge in [0.05, 0.1) is 22.3 Å². The normalized spacial score (nSPS) is 14.7. The molecule has 2 nitrogen and oxygen atoms in total. The molecule has 1 aromatic carbocycles. The zero-order valence-electron chi connectivity index (χ0n) is 8.46. The van der Waals surface area contributed by atoms with Gasteiger partial charge >= 0.3 is 0 Å². The Balaban J connectivity index is 1.95. The van der Waals surface area contributed by atoms with E-state index in [9.17, 15) is 0 Å². The predicted octanol–water partition coefficient (Wildman–Crippen LogP) is 3.42. The van der Waals surface area contributed by atoms with Crippen molar-refractivity contribution in [1.82, 2.24) is 0 Å². The monoisotopic (exact) mass is 220 g/mol. The number of benzene rings is 1. The zero-order valence-corrected chi connectivity index (χ0v) is 9.22. The Bertz CT molecular complexity index is 391. The van der Waals surface area contributed by atoms with Gasteiger partial charge in [0, 0.05) is 6.54 Å². The largest absolute Gasteiger partial charge is 0.384 e. The highest BCUT2D eigenvalue weighted by molar-refractivity contribution is 6.33. The average Bonchev–Trinajstić information content (AvgIpc) is 3.05. The number of hydrogen-bond donors (Lipinski definition) is 1. The number of nitriles is 1. The van der Waals surface area contributed by atoms with E-state index in [0.29, 0.717) is 10.6 Å². The lowest BCUT2D eigenvalue weighted by atomic mass is 10.2. The molecule has 3 heteroatoms. The van der Waals surface area contributed by atoms with Gasteiger partial charge in [-0.25, -0.2) is 0 Å². The van der Waals surface area contributed by atoms with E-state index in [1.807, 2.05) is 0 Å². The van der Waals surface area contributed by atoms with Crippen LogP contribution in [0.1, 0.15) is 24.8 Å². The van der Waals surface area contributed by atoms with Crippen LogP contribution >= 0.6 is 11.6 Å². The molecule has 1 aliphatic rings. The Hall–Kier alpha value is -1.20. The molecule has 1 N–H and O–H groups in total. The molecular formula is C12H13ClN2. The fourth-order valence-corrected chi connectivity index (χ4v) is 1.73. The van der Waals surface area contributed by atoms with E-state index < -0.39 is 0 Å². The van der Waals surface area contributed by atoms with Gasteiger partial charge in [0.1, 0.15) is 0 Å². The van der Waals surface area contributed by atoms with Crippen molar-refractivity contribution in [3.63, 3.8) is 0 Å². The van der Waals surface area contributed by atoms with Gasteiger partial charge in [0.2, 0.25) is 0 Å². The van der Waals surface area contributed by atoms with E-state index >= 15 is 0 Å². The molecule has 1 aromatic rings. The van der Waals surface area contributed by atoms with Crippen LogP contribution in [0, 0.1) is 17.2 Å². The molecule has 78 valence electrons. The molecule has 0 radical (unpaired) electrons. The van der Waals surface area contributed by atoms with Crippen LogP contribution in [0.15, 0.2) is 18.2 Å². The molecule has 0 saturated heterocycles. The molecule has 0 aliphatic heterocycles. The van der Waals surface area contributed by atoms with E-state index in [-0.39, 0.29) is 0 Å². The van der Waals surface area contributed by atoms with Crippen molar-refractivity contribution in [2.75, 3.05) is 11.9 Å². The first kappa shape index (κ1) is 10.3. The number of nitrogens with zero attached hydrogens (tertiary/aromatic N) is 1. The Morgan fingerprint density at radius 1 is 1.47 bits per heavy atom. The van der Waals surface area contributed by atoms with Gasteiger partial charge in [0.25, 0.3) is 0 Å². The highest BCUT2D eigenvalue weighted by atomic mass is 35.5. The van der Waals surface area contributed by atoms with Gasteiger partial charge in [-0.2, -0.15) is 5.26 Å². The van der Waals surface area contributed by atoms with Gasteiger partial charge in [0.15, 0.2) is 0 Å². The van der Waals surface area contributed by atoms with E-state index in [0.717, 1.165) is 18.2 Å². The smallest absolute Gasteiger partial charge is 0.0992 e. The lowest BCUT2D eigenvalue weighted by Gasteiger charge is -2.07. The standard InChI is InChI=1S/C12H13ClN2/c13-11-4-3-10(8-14)7-12(11)15-6-5-9-1-2-9/h3-4,7,9,15H,1-2,5-6H2. The fraction of sp³-hybridized carbons (Fsp3) is 0.417. The molecule has 2 rings (SSSR count). The van der Waals surface area contributed by atoms with Crippen molar-refractivity contribution >= 4 is 17.3 Å². The van der Waals surface area contributed by atoms with Crippen LogP contribution in [0.3, 0.4) is 0 Å². The highest BCUT2D eigenvalue weighted by Gasteiger charge is 2.20. The highest BCUT2D eigenvalue weighted by Crippen LogP contribution is 2.32. The summed E-state index contributed by atoms with van der Waals surface area (Å²) in [5.74, 6) is 0.912. The van der Waals surface area contributed by atoms with Crippen molar-refractivity contribution in [3.8, 4) is 6.07 Å². The second kappa shape index (κ2) is 4.55. The third-order valence-corrected chi connectivity index (χ3v) is 2.99. The Morgan fingerprint density at radius 2 is 2.27 bits per heavy atom. The molecule has 0 heterocycles. The van der Waals surface area contributed by atoms with E-state index in [1.165, 1.54) is 19.3 Å². The van der Waals surface area contributed by atoms with Crippen LogP contribution in [0.5, 0.6) is 0 Å². The Kier molecular flexibility index (Phi) is 3.13. The Morgan fingerprint density at radius 3 is 2.93 bits per heavy atom. The van der Waals surface area contributed by atoms with Gasteiger partial charge in [-0.15, -0.1) is 0 Å². The number of hydrogen-bond acceptors (Lipinski definition) is 2. The summed E-state index contributed by atoms with van der Waals surface area (Å²) in [6.45, 7) is 0.944. The maximum Gasteiger partial charge on any atom is 0.0992 e. The summed E-state index contributed by atoms with van der Waals surface area (Å²) in [4.78, 5) is 0. The summed E-state index contributed by atoms with van der Waals surface area (Å²) in [5, 5.41) is 12.7. The van der Waals surface area contributed by atoms with E-state index in [1.54, 1.807) is 18.2 Å². The van der Waals surface area contributed by atoms with Crippen LogP contribution in [0.25, 0.3) is 0 Å². The van der Waals surface area contributed by atoms with Crippen molar-refractivity contribution in [2.45, 2.75) is 19.3 Å². The third kappa shape index (κ3) is 2.87. The summed E-state index contributed by atoms with van der Waals surface area (Å²) >= 11 is 6.01. The first-order valence-corrected chi connectivity index (χ1v) is 5.61. The topological polar surface area (TPSA) is 35.8 Å². The average molecular weight is 221 g/mol. The summed E-state index contributed by atoms with van der Waals surface area (Å²) in [5.41, 5.74) is 1.52. The summed E-state index contributed by atoms with van der Waals surface area (Å²) in [7, 11) is 0. The number of nitrogens with one attached hydrogen (secondary N) is 1. The van der Waals surface area contributed by atoms with Crippen LogP contribution < -0.4 is 5.32 Å². The van der Waals surface area contributed by atoms with Gasteiger partial charge in [-0.1, -0.05) is 24.4 Å². The second-order valence-electron chi connectivity index (χ2n) is 3.97. The van der Waals surface area contributed by atoms with E-state index in [2.05, 4.69) is 11.4 Å². The molecule has 0 amide bonds. The maximum atomic E-state index is 8.76. The van der Waals surface area contributed by atoms with Crippen LogP contribution in [0.4, 0.5) is 5.69 Å². The minimum Gasteiger partial charge on any atom is -0.384 e. The van der Waals surface area contributed by atoms with Gasteiger partial charge in [-0.05, 0) is 30.5 Å². The molecule has 0 unspecified atom stereocenters. The molecule has 0 atom stereocenters. The molecule has 0 spiro atoms. The van der Waals surface area contributed by atoms with Crippen molar-refractivity contribution < 1.29 is 0 Å². The third-order valence-electron chi connectivity index (χ3n) is 2.66. The lowest BCUT2D eigenvalue weighted by Crippen LogP contribution is -2.02. The number of rotatable bonds is 4. The zero-order chi connectivity index (χ0) is 10.7. The quantitative estimate of drug-likeness (QED) is 0.844. The van der Waals surface area contributed by atoms with Crippen molar-refractivity contribution in [3.05, 3.63) is 28.8 Å². The molecule has 15 heavy (non-hydrogen) atoms. The maximum absolute atomic E-state index is 8.76.